The third-order valence-electron chi connectivity index (χ3n) is 7.00. The Morgan fingerprint density at radius 2 is 1.80 bits per heavy atom. The first kappa shape index (κ1) is 16.8. The molecule has 4 rings (SSSR count). The molecule has 0 aromatic heterocycles. The molecule has 1 aromatic rings. The SMILES string of the molecule is CC1CCC2C(C)(C)C2(c2ccccc2CON2C(=O)CCC2=O)C1. The molecule has 25 heavy (non-hydrogen) atoms. The van der Waals surface area contributed by atoms with E-state index < -0.39 is 0 Å². The van der Waals surface area contributed by atoms with Crippen molar-refractivity contribution in [1.82, 2.24) is 5.06 Å². The monoisotopic (exact) mass is 341 g/mol. The third kappa shape index (κ3) is 2.37. The molecule has 3 atom stereocenters. The molecule has 0 radical (unpaired) electrons. The standard InChI is InChI=1S/C21H27NO3/c1-14-8-9-17-20(2,3)21(17,12-14)16-7-5-4-6-15(16)13-25-22-18(23)10-11-19(22)24/h4-7,14,17H,8-13H2,1-3H3. The number of rotatable bonds is 4. The maximum Gasteiger partial charge on any atom is 0.254 e. The number of benzene rings is 1. The maximum absolute atomic E-state index is 11.8. The normalized spacial score (nSPS) is 33.5. The minimum atomic E-state index is -0.225. The highest BCUT2D eigenvalue weighted by Gasteiger charge is 2.72. The topological polar surface area (TPSA) is 46.6 Å². The van der Waals surface area contributed by atoms with Crippen LogP contribution in [-0.2, 0) is 26.4 Å². The lowest BCUT2D eigenvalue weighted by Crippen LogP contribution is -2.30. The highest BCUT2D eigenvalue weighted by molar-refractivity contribution is 6.00. The van der Waals surface area contributed by atoms with Gasteiger partial charge >= 0.3 is 0 Å². The average molecular weight is 341 g/mol. The summed E-state index contributed by atoms with van der Waals surface area (Å²) in [5.41, 5.74) is 2.98. The van der Waals surface area contributed by atoms with E-state index in [1.807, 2.05) is 6.07 Å². The van der Waals surface area contributed by atoms with Gasteiger partial charge in [-0.2, -0.15) is 5.06 Å². The molecule has 2 amide bonds. The number of carbonyl (C=O) groups is 2. The fraction of sp³-hybridized carbons (Fsp3) is 0.619. The van der Waals surface area contributed by atoms with E-state index in [1.54, 1.807) is 0 Å². The molecule has 4 heteroatoms. The van der Waals surface area contributed by atoms with Gasteiger partial charge in [0.05, 0.1) is 0 Å². The van der Waals surface area contributed by atoms with Crippen LogP contribution in [-0.4, -0.2) is 16.9 Å². The lowest BCUT2D eigenvalue weighted by molar-refractivity contribution is -0.191. The first-order chi connectivity index (χ1) is 11.9. The summed E-state index contributed by atoms with van der Waals surface area (Å²) in [6.07, 6.45) is 4.33. The Morgan fingerprint density at radius 3 is 2.52 bits per heavy atom. The molecule has 3 aliphatic rings. The van der Waals surface area contributed by atoms with Crippen molar-refractivity contribution in [3.63, 3.8) is 0 Å². The second kappa shape index (κ2) is 5.66. The van der Waals surface area contributed by atoms with Gasteiger partial charge in [0, 0.05) is 18.3 Å². The molecule has 0 spiro atoms. The number of fused-ring (bicyclic) bond motifs is 1. The van der Waals surface area contributed by atoms with E-state index in [2.05, 4.69) is 39.0 Å². The summed E-state index contributed by atoms with van der Waals surface area (Å²) in [6.45, 7) is 7.42. The van der Waals surface area contributed by atoms with E-state index >= 15 is 0 Å². The molecular formula is C21H27NO3. The van der Waals surface area contributed by atoms with Crippen molar-refractivity contribution in [3.05, 3.63) is 35.4 Å². The van der Waals surface area contributed by atoms with Crippen molar-refractivity contribution in [2.24, 2.45) is 17.3 Å². The summed E-state index contributed by atoms with van der Waals surface area (Å²) in [5.74, 6) is 0.995. The predicted molar refractivity (Wildman–Crippen MR) is 94.3 cm³/mol. The summed E-state index contributed by atoms with van der Waals surface area (Å²) < 4.78 is 0. The van der Waals surface area contributed by atoms with Crippen molar-refractivity contribution in [3.8, 4) is 0 Å². The molecule has 1 aromatic carbocycles. The Hall–Kier alpha value is -1.68. The van der Waals surface area contributed by atoms with Gasteiger partial charge in [-0.25, -0.2) is 0 Å². The first-order valence-corrected chi connectivity index (χ1v) is 9.45. The molecule has 3 unspecified atom stereocenters. The highest BCUT2D eigenvalue weighted by Crippen LogP contribution is 2.76. The van der Waals surface area contributed by atoms with Crippen LogP contribution < -0.4 is 0 Å². The van der Waals surface area contributed by atoms with Gasteiger partial charge in [-0.05, 0) is 41.2 Å². The van der Waals surface area contributed by atoms with Crippen LogP contribution in [0.1, 0.15) is 64.0 Å². The Kier molecular flexibility index (Phi) is 3.80. The van der Waals surface area contributed by atoms with Crippen LogP contribution in [0, 0.1) is 17.3 Å². The fourth-order valence-electron chi connectivity index (χ4n) is 5.64. The molecule has 1 heterocycles. The lowest BCUT2D eigenvalue weighted by Gasteiger charge is -2.30. The number of amides is 2. The molecule has 1 aliphatic heterocycles. The third-order valence-corrected chi connectivity index (χ3v) is 7.00. The van der Waals surface area contributed by atoms with Crippen LogP contribution in [0.2, 0.25) is 0 Å². The van der Waals surface area contributed by atoms with Gasteiger partial charge in [0.25, 0.3) is 11.8 Å². The van der Waals surface area contributed by atoms with E-state index in [-0.39, 0.29) is 36.7 Å². The smallest absolute Gasteiger partial charge is 0.254 e. The molecule has 2 aliphatic carbocycles. The maximum atomic E-state index is 11.8. The van der Waals surface area contributed by atoms with Crippen LogP contribution in [0.25, 0.3) is 0 Å². The van der Waals surface area contributed by atoms with Crippen LogP contribution in [0.5, 0.6) is 0 Å². The van der Waals surface area contributed by atoms with Gasteiger partial charge in [0.1, 0.15) is 6.61 Å². The summed E-state index contributed by atoms with van der Waals surface area (Å²) in [6, 6.07) is 8.43. The Morgan fingerprint density at radius 1 is 1.12 bits per heavy atom. The van der Waals surface area contributed by atoms with E-state index in [9.17, 15) is 9.59 Å². The number of imide groups is 1. The largest absolute Gasteiger partial charge is 0.272 e. The van der Waals surface area contributed by atoms with Crippen LogP contribution in [0.4, 0.5) is 0 Å². The zero-order chi connectivity index (χ0) is 17.8. The van der Waals surface area contributed by atoms with Gasteiger partial charge in [-0.1, -0.05) is 51.5 Å². The molecule has 0 N–H and O–H groups in total. The van der Waals surface area contributed by atoms with E-state index in [0.717, 1.165) is 16.5 Å². The Balaban J connectivity index is 1.62. The Labute approximate surface area is 149 Å². The fourth-order valence-corrected chi connectivity index (χ4v) is 5.64. The first-order valence-electron chi connectivity index (χ1n) is 9.45. The predicted octanol–water partition coefficient (Wildman–Crippen LogP) is 3.98. The zero-order valence-corrected chi connectivity index (χ0v) is 15.4. The van der Waals surface area contributed by atoms with Crippen LogP contribution >= 0.6 is 0 Å². The molecular weight excluding hydrogens is 314 g/mol. The summed E-state index contributed by atoms with van der Waals surface area (Å²) in [7, 11) is 0. The number of nitrogens with zero attached hydrogens (tertiary/aromatic N) is 1. The molecule has 1 saturated heterocycles. The van der Waals surface area contributed by atoms with Gasteiger partial charge in [0.2, 0.25) is 0 Å². The van der Waals surface area contributed by atoms with Crippen molar-refractivity contribution >= 4 is 11.8 Å². The van der Waals surface area contributed by atoms with Crippen molar-refractivity contribution in [1.29, 1.82) is 0 Å². The molecule has 4 nitrogen and oxygen atoms in total. The summed E-state index contributed by atoms with van der Waals surface area (Å²) in [4.78, 5) is 29.2. The Bertz CT molecular complexity index is 710. The molecule has 2 saturated carbocycles. The van der Waals surface area contributed by atoms with Crippen LogP contribution in [0.3, 0.4) is 0 Å². The summed E-state index contributed by atoms with van der Waals surface area (Å²) >= 11 is 0. The van der Waals surface area contributed by atoms with Crippen molar-refractivity contribution in [2.75, 3.05) is 0 Å². The van der Waals surface area contributed by atoms with Crippen molar-refractivity contribution < 1.29 is 14.4 Å². The quantitative estimate of drug-likeness (QED) is 0.778. The van der Waals surface area contributed by atoms with E-state index in [1.165, 1.54) is 24.8 Å². The van der Waals surface area contributed by atoms with Crippen molar-refractivity contribution in [2.45, 2.75) is 64.9 Å². The van der Waals surface area contributed by atoms with Gasteiger partial charge in [-0.15, -0.1) is 0 Å². The van der Waals surface area contributed by atoms with E-state index in [0.29, 0.717) is 11.3 Å². The lowest BCUT2D eigenvalue weighted by atomic mass is 9.74. The van der Waals surface area contributed by atoms with Gasteiger partial charge in [0.15, 0.2) is 0 Å². The second-order valence-electron chi connectivity index (χ2n) is 8.64. The minimum Gasteiger partial charge on any atom is -0.272 e. The zero-order valence-electron chi connectivity index (χ0n) is 15.4. The van der Waals surface area contributed by atoms with Gasteiger partial charge < -0.3 is 0 Å². The molecule has 0 bridgehead atoms. The summed E-state index contributed by atoms with van der Waals surface area (Å²) in [5, 5.41) is 0.966. The van der Waals surface area contributed by atoms with Gasteiger partial charge in [-0.3, -0.25) is 14.4 Å². The van der Waals surface area contributed by atoms with E-state index in [4.69, 9.17) is 4.84 Å². The highest BCUT2D eigenvalue weighted by atomic mass is 16.7. The molecule has 134 valence electrons. The molecule has 3 fully saturated rings. The second-order valence-corrected chi connectivity index (χ2v) is 8.64. The number of carbonyl (C=O) groups excluding carboxylic acids is 2. The van der Waals surface area contributed by atoms with Crippen LogP contribution in [0.15, 0.2) is 24.3 Å². The minimum absolute atomic E-state index is 0.212. The number of hydrogen-bond donors (Lipinski definition) is 0. The number of hydroxylamine groups is 2. The number of hydrogen-bond acceptors (Lipinski definition) is 3. The average Bonchev–Trinajstić information content (AvgIpc) is 2.89.